The van der Waals surface area contributed by atoms with Gasteiger partial charge in [0.05, 0.1) is 11.6 Å². The van der Waals surface area contributed by atoms with E-state index in [-0.39, 0.29) is 5.76 Å². The lowest BCUT2D eigenvalue weighted by Crippen LogP contribution is -2.46. The van der Waals surface area contributed by atoms with E-state index in [1.54, 1.807) is 48.5 Å². The number of fused-ring (bicyclic) bond motifs is 1. The molecule has 1 N–H and O–H groups in total. The summed E-state index contributed by atoms with van der Waals surface area (Å²) in [6, 6.07) is 16.6. The van der Waals surface area contributed by atoms with Gasteiger partial charge in [0.25, 0.3) is 12.1 Å². The Morgan fingerprint density at radius 1 is 1.19 bits per heavy atom. The van der Waals surface area contributed by atoms with Crippen molar-refractivity contribution in [2.75, 3.05) is 7.05 Å². The number of para-hydroxylation sites is 1. The SMILES string of the molecule is CN(C(=O)c1cc2cc(C#N)ccc2o1)C(Oc1ccccc1)C(=O)O. The first-order valence-electron chi connectivity index (χ1n) is 7.65. The van der Waals surface area contributed by atoms with E-state index in [4.69, 9.17) is 14.4 Å². The van der Waals surface area contributed by atoms with E-state index < -0.39 is 18.1 Å². The van der Waals surface area contributed by atoms with Crippen LogP contribution in [-0.2, 0) is 4.79 Å². The molecule has 0 fully saturated rings. The molecule has 0 bridgehead atoms. The Balaban J connectivity index is 1.87. The summed E-state index contributed by atoms with van der Waals surface area (Å²) in [6.45, 7) is 0. The number of amides is 1. The quantitative estimate of drug-likeness (QED) is 0.710. The Bertz CT molecular complexity index is 1000. The summed E-state index contributed by atoms with van der Waals surface area (Å²) in [4.78, 5) is 25.1. The first kappa shape index (κ1) is 17.0. The summed E-state index contributed by atoms with van der Waals surface area (Å²) in [5.74, 6) is -1.68. The summed E-state index contributed by atoms with van der Waals surface area (Å²) >= 11 is 0. The van der Waals surface area contributed by atoms with Gasteiger partial charge in [-0.3, -0.25) is 9.69 Å². The van der Waals surface area contributed by atoms with E-state index in [2.05, 4.69) is 0 Å². The van der Waals surface area contributed by atoms with Crippen LogP contribution in [0.4, 0.5) is 0 Å². The highest BCUT2D eigenvalue weighted by Gasteiger charge is 2.31. The molecule has 0 saturated heterocycles. The van der Waals surface area contributed by atoms with Crippen LogP contribution in [0.1, 0.15) is 16.1 Å². The number of furan rings is 1. The van der Waals surface area contributed by atoms with Gasteiger partial charge >= 0.3 is 5.97 Å². The third kappa shape index (κ3) is 3.35. The van der Waals surface area contributed by atoms with Gasteiger partial charge in [0.15, 0.2) is 5.76 Å². The fourth-order valence-corrected chi connectivity index (χ4v) is 2.42. The molecule has 0 radical (unpaired) electrons. The van der Waals surface area contributed by atoms with Gasteiger partial charge in [0.1, 0.15) is 11.3 Å². The number of hydrogen-bond donors (Lipinski definition) is 1. The second kappa shape index (κ2) is 6.99. The molecule has 3 aromatic rings. The van der Waals surface area contributed by atoms with E-state index >= 15 is 0 Å². The number of nitrogens with zero attached hydrogens (tertiary/aromatic N) is 2. The smallest absolute Gasteiger partial charge is 0.366 e. The minimum Gasteiger partial charge on any atom is -0.477 e. The lowest BCUT2D eigenvalue weighted by molar-refractivity contribution is -0.151. The number of carboxylic acid groups (broad SMARTS) is 1. The monoisotopic (exact) mass is 350 g/mol. The van der Waals surface area contributed by atoms with Gasteiger partial charge in [0, 0.05) is 12.4 Å². The number of aliphatic carboxylic acids is 1. The molecule has 1 heterocycles. The zero-order valence-electron chi connectivity index (χ0n) is 13.7. The molecule has 1 amide bonds. The Labute approximate surface area is 148 Å². The molecule has 3 rings (SSSR count). The van der Waals surface area contributed by atoms with Crippen molar-refractivity contribution in [3.8, 4) is 11.8 Å². The maximum Gasteiger partial charge on any atom is 0.366 e. The number of likely N-dealkylation sites (N-methyl/N-ethyl adjacent to an activating group) is 1. The van der Waals surface area contributed by atoms with Crippen LogP contribution in [-0.4, -0.2) is 35.2 Å². The fourth-order valence-electron chi connectivity index (χ4n) is 2.42. The van der Waals surface area contributed by atoms with Gasteiger partial charge in [-0.2, -0.15) is 5.26 Å². The van der Waals surface area contributed by atoms with Crippen molar-refractivity contribution in [3.63, 3.8) is 0 Å². The van der Waals surface area contributed by atoms with Crippen molar-refractivity contribution in [2.24, 2.45) is 0 Å². The van der Waals surface area contributed by atoms with Crippen molar-refractivity contribution < 1.29 is 23.8 Å². The lowest BCUT2D eigenvalue weighted by atomic mass is 10.2. The molecule has 7 heteroatoms. The summed E-state index contributed by atoms with van der Waals surface area (Å²) < 4.78 is 10.9. The molecule has 7 nitrogen and oxygen atoms in total. The second-order valence-electron chi connectivity index (χ2n) is 5.51. The molecule has 1 atom stereocenters. The van der Waals surface area contributed by atoms with E-state index in [1.165, 1.54) is 13.1 Å². The first-order chi connectivity index (χ1) is 12.5. The maximum absolute atomic E-state index is 12.6. The number of nitriles is 1. The molecule has 130 valence electrons. The third-order valence-electron chi connectivity index (χ3n) is 3.73. The van der Waals surface area contributed by atoms with Crippen molar-refractivity contribution in [1.82, 2.24) is 4.90 Å². The molecule has 1 unspecified atom stereocenters. The first-order valence-corrected chi connectivity index (χ1v) is 7.65. The van der Waals surface area contributed by atoms with Gasteiger partial charge < -0.3 is 14.3 Å². The highest BCUT2D eigenvalue weighted by molar-refractivity contribution is 5.97. The van der Waals surface area contributed by atoms with Crippen LogP contribution in [0.2, 0.25) is 0 Å². The van der Waals surface area contributed by atoms with Crippen LogP contribution in [0.3, 0.4) is 0 Å². The highest BCUT2D eigenvalue weighted by atomic mass is 16.5. The molecule has 2 aromatic carbocycles. The van der Waals surface area contributed by atoms with E-state index in [0.29, 0.717) is 22.3 Å². The lowest BCUT2D eigenvalue weighted by Gasteiger charge is -2.24. The van der Waals surface area contributed by atoms with Crippen molar-refractivity contribution in [3.05, 3.63) is 65.9 Å². The Hall–Kier alpha value is -3.79. The van der Waals surface area contributed by atoms with Crippen LogP contribution in [0.5, 0.6) is 5.75 Å². The number of hydrogen-bond acceptors (Lipinski definition) is 5. The molecule has 26 heavy (non-hydrogen) atoms. The second-order valence-corrected chi connectivity index (χ2v) is 5.51. The van der Waals surface area contributed by atoms with Gasteiger partial charge in [-0.05, 0) is 36.4 Å². The van der Waals surface area contributed by atoms with Crippen molar-refractivity contribution >= 4 is 22.8 Å². The van der Waals surface area contributed by atoms with Crippen LogP contribution in [0.25, 0.3) is 11.0 Å². The van der Waals surface area contributed by atoms with E-state index in [9.17, 15) is 14.7 Å². The van der Waals surface area contributed by atoms with Crippen molar-refractivity contribution in [1.29, 1.82) is 5.26 Å². The maximum atomic E-state index is 12.6. The van der Waals surface area contributed by atoms with E-state index in [1.807, 2.05) is 6.07 Å². The fraction of sp³-hybridized carbons (Fsp3) is 0.105. The minimum absolute atomic E-state index is 0.0412. The molecule has 0 spiro atoms. The summed E-state index contributed by atoms with van der Waals surface area (Å²) in [6.07, 6.45) is -1.52. The van der Waals surface area contributed by atoms with Crippen LogP contribution in [0.15, 0.2) is 59.0 Å². The van der Waals surface area contributed by atoms with Gasteiger partial charge in [0.2, 0.25) is 0 Å². The minimum atomic E-state index is -1.52. The molecule has 0 aliphatic rings. The number of carboxylic acids is 1. The predicted octanol–water partition coefficient (Wildman–Crippen LogP) is 2.87. The zero-order chi connectivity index (χ0) is 18.7. The molecular weight excluding hydrogens is 336 g/mol. The van der Waals surface area contributed by atoms with Gasteiger partial charge in [-0.25, -0.2) is 4.79 Å². The number of benzene rings is 2. The standard InChI is InChI=1S/C19H14N2O5/c1-21(18(19(23)24)25-14-5-3-2-4-6-14)17(22)16-10-13-9-12(11-20)7-8-15(13)26-16/h2-10,18H,1H3,(H,23,24). The average molecular weight is 350 g/mol. The molecular formula is C19H14N2O5. The largest absolute Gasteiger partial charge is 0.477 e. The van der Waals surface area contributed by atoms with Gasteiger partial charge in [-0.1, -0.05) is 18.2 Å². The number of ether oxygens (including phenoxy) is 1. The Morgan fingerprint density at radius 2 is 1.92 bits per heavy atom. The number of carbonyl (C=O) groups excluding carboxylic acids is 1. The normalized spacial score (nSPS) is 11.5. The van der Waals surface area contributed by atoms with Crippen molar-refractivity contribution in [2.45, 2.75) is 6.23 Å². The average Bonchev–Trinajstić information content (AvgIpc) is 3.08. The number of carbonyl (C=O) groups is 2. The molecule has 0 aliphatic carbocycles. The highest BCUT2D eigenvalue weighted by Crippen LogP contribution is 2.22. The predicted molar refractivity (Wildman–Crippen MR) is 91.5 cm³/mol. The topological polar surface area (TPSA) is 104 Å². The Morgan fingerprint density at radius 3 is 2.58 bits per heavy atom. The summed E-state index contributed by atoms with van der Waals surface area (Å²) in [5.41, 5.74) is 0.859. The zero-order valence-corrected chi connectivity index (χ0v) is 13.7. The number of rotatable bonds is 5. The van der Waals surface area contributed by atoms with Crippen LogP contribution < -0.4 is 4.74 Å². The molecule has 0 aliphatic heterocycles. The van der Waals surface area contributed by atoms with Gasteiger partial charge in [-0.15, -0.1) is 0 Å². The Kier molecular flexibility index (Phi) is 4.58. The summed E-state index contributed by atoms with van der Waals surface area (Å²) in [5, 5.41) is 18.9. The summed E-state index contributed by atoms with van der Waals surface area (Å²) in [7, 11) is 1.32. The van der Waals surface area contributed by atoms with Crippen LogP contribution in [0, 0.1) is 11.3 Å². The molecule has 0 saturated carbocycles. The molecule has 1 aromatic heterocycles. The third-order valence-corrected chi connectivity index (χ3v) is 3.73. The van der Waals surface area contributed by atoms with E-state index in [0.717, 1.165) is 4.90 Å². The van der Waals surface area contributed by atoms with Crippen LogP contribution >= 0.6 is 0 Å².